The fraction of sp³-hybridized carbons (Fsp3) is 0.455. The molecule has 1 aromatic carbocycles. The zero-order chi connectivity index (χ0) is 13.1. The number of hydrogen-bond acceptors (Lipinski definition) is 3. The van der Waals surface area contributed by atoms with Gasteiger partial charge in [0.05, 0.1) is 11.5 Å². The van der Waals surface area contributed by atoms with Crippen molar-refractivity contribution in [1.29, 1.82) is 0 Å². The van der Waals surface area contributed by atoms with E-state index in [4.69, 9.17) is 5.11 Å². The molecular weight excluding hydrogens is 306 g/mol. The molecule has 96 valence electrons. The summed E-state index contributed by atoms with van der Waals surface area (Å²) in [5.41, 5.74) is 0. The molecule has 1 rings (SSSR count). The molecular formula is C11H16BrNO3S. The molecule has 0 atom stereocenters. The Labute approximate surface area is 110 Å². The third-order valence-corrected chi connectivity index (χ3v) is 4.86. The number of hydrogen-bond donors (Lipinski definition) is 1. The number of sulfonamides is 1. The van der Waals surface area contributed by atoms with Crippen LogP contribution in [0.25, 0.3) is 0 Å². The molecule has 0 amide bonds. The highest BCUT2D eigenvalue weighted by atomic mass is 79.9. The van der Waals surface area contributed by atoms with Gasteiger partial charge < -0.3 is 5.11 Å². The van der Waals surface area contributed by atoms with Crippen LogP contribution in [0.2, 0.25) is 0 Å². The lowest BCUT2D eigenvalue weighted by atomic mass is 10.4. The molecule has 0 radical (unpaired) electrons. The van der Waals surface area contributed by atoms with Crippen molar-refractivity contribution in [2.45, 2.75) is 24.8 Å². The van der Waals surface area contributed by atoms with Crippen LogP contribution in [0.1, 0.15) is 13.8 Å². The van der Waals surface area contributed by atoms with Crippen molar-refractivity contribution in [3.63, 3.8) is 0 Å². The third kappa shape index (κ3) is 3.51. The first-order chi connectivity index (χ1) is 7.89. The lowest BCUT2D eigenvalue weighted by Crippen LogP contribution is -2.38. The monoisotopic (exact) mass is 321 g/mol. The molecule has 0 aliphatic heterocycles. The Balaban J connectivity index is 3.16. The van der Waals surface area contributed by atoms with Crippen LogP contribution in [-0.2, 0) is 10.0 Å². The Morgan fingerprint density at radius 3 is 2.53 bits per heavy atom. The van der Waals surface area contributed by atoms with Crippen LogP contribution >= 0.6 is 15.9 Å². The predicted octanol–water partition coefficient (Wildman–Crippen LogP) is 1.84. The minimum Gasteiger partial charge on any atom is -0.395 e. The second kappa shape index (κ2) is 5.95. The number of aliphatic hydroxyl groups excluding tert-OH is 1. The molecule has 1 aromatic rings. The summed E-state index contributed by atoms with van der Waals surface area (Å²) >= 11 is 3.25. The summed E-state index contributed by atoms with van der Waals surface area (Å²) in [5, 5.41) is 8.94. The highest BCUT2D eigenvalue weighted by Crippen LogP contribution is 2.21. The molecule has 6 heteroatoms. The predicted molar refractivity (Wildman–Crippen MR) is 70.3 cm³/mol. The fourth-order valence-corrected chi connectivity index (χ4v) is 3.74. The van der Waals surface area contributed by atoms with Crippen LogP contribution in [0.15, 0.2) is 33.6 Å². The summed E-state index contributed by atoms with van der Waals surface area (Å²) in [6.45, 7) is 3.48. The van der Waals surface area contributed by atoms with E-state index in [2.05, 4.69) is 15.9 Å². The van der Waals surface area contributed by atoms with Crippen molar-refractivity contribution >= 4 is 26.0 Å². The van der Waals surface area contributed by atoms with Gasteiger partial charge in [0.2, 0.25) is 10.0 Å². The van der Waals surface area contributed by atoms with Gasteiger partial charge in [0.25, 0.3) is 0 Å². The van der Waals surface area contributed by atoms with Crippen molar-refractivity contribution in [2.75, 3.05) is 13.2 Å². The van der Waals surface area contributed by atoms with Gasteiger partial charge in [0.15, 0.2) is 0 Å². The molecule has 1 N–H and O–H groups in total. The van der Waals surface area contributed by atoms with Gasteiger partial charge in [0, 0.05) is 17.1 Å². The van der Waals surface area contributed by atoms with Crippen molar-refractivity contribution < 1.29 is 13.5 Å². The Morgan fingerprint density at radius 2 is 2.06 bits per heavy atom. The Bertz CT molecular complexity index is 473. The Morgan fingerprint density at radius 1 is 1.41 bits per heavy atom. The minimum atomic E-state index is -3.54. The highest BCUT2D eigenvalue weighted by molar-refractivity contribution is 9.10. The molecule has 0 spiro atoms. The van der Waals surface area contributed by atoms with Gasteiger partial charge >= 0.3 is 0 Å². The smallest absolute Gasteiger partial charge is 0.243 e. The van der Waals surface area contributed by atoms with E-state index < -0.39 is 10.0 Å². The van der Waals surface area contributed by atoms with E-state index in [0.29, 0.717) is 4.47 Å². The summed E-state index contributed by atoms with van der Waals surface area (Å²) < 4.78 is 26.6. The van der Waals surface area contributed by atoms with E-state index in [1.807, 2.05) is 0 Å². The van der Waals surface area contributed by atoms with E-state index in [1.54, 1.807) is 38.1 Å². The number of aliphatic hydroxyl groups is 1. The van der Waals surface area contributed by atoms with Crippen LogP contribution in [0.4, 0.5) is 0 Å². The van der Waals surface area contributed by atoms with Gasteiger partial charge in [-0.05, 0) is 32.0 Å². The summed E-state index contributed by atoms with van der Waals surface area (Å²) in [7, 11) is -3.54. The quantitative estimate of drug-likeness (QED) is 0.900. The molecule has 0 heterocycles. The molecule has 0 fully saturated rings. The average molecular weight is 322 g/mol. The standard InChI is InChI=1S/C11H16BrNO3S/c1-9(2)13(6-7-14)17(15,16)11-5-3-4-10(12)8-11/h3-5,8-9,14H,6-7H2,1-2H3. The minimum absolute atomic E-state index is 0.104. The molecule has 0 aliphatic carbocycles. The zero-order valence-electron chi connectivity index (χ0n) is 9.80. The van der Waals surface area contributed by atoms with Crippen molar-refractivity contribution in [3.05, 3.63) is 28.7 Å². The molecule has 0 bridgehead atoms. The number of nitrogens with zero attached hydrogens (tertiary/aromatic N) is 1. The molecule has 0 aromatic heterocycles. The van der Waals surface area contributed by atoms with E-state index in [0.717, 1.165) is 0 Å². The summed E-state index contributed by atoms with van der Waals surface area (Å²) in [4.78, 5) is 0.231. The maximum Gasteiger partial charge on any atom is 0.243 e. The second-order valence-electron chi connectivity index (χ2n) is 3.89. The van der Waals surface area contributed by atoms with E-state index in [-0.39, 0.29) is 24.1 Å². The molecule has 0 unspecified atom stereocenters. The zero-order valence-corrected chi connectivity index (χ0v) is 12.2. The van der Waals surface area contributed by atoms with E-state index >= 15 is 0 Å². The van der Waals surface area contributed by atoms with Crippen LogP contribution in [-0.4, -0.2) is 37.0 Å². The molecule has 17 heavy (non-hydrogen) atoms. The molecule has 4 nitrogen and oxygen atoms in total. The van der Waals surface area contributed by atoms with Crippen molar-refractivity contribution in [1.82, 2.24) is 4.31 Å². The second-order valence-corrected chi connectivity index (χ2v) is 6.70. The first-order valence-electron chi connectivity index (χ1n) is 5.28. The summed E-state index contributed by atoms with van der Waals surface area (Å²) in [6, 6.07) is 6.36. The van der Waals surface area contributed by atoms with Crippen molar-refractivity contribution in [3.8, 4) is 0 Å². The number of halogens is 1. The molecule has 0 saturated carbocycles. The normalized spacial score (nSPS) is 12.4. The largest absolute Gasteiger partial charge is 0.395 e. The van der Waals surface area contributed by atoms with E-state index in [9.17, 15) is 8.42 Å². The van der Waals surface area contributed by atoms with Crippen molar-refractivity contribution in [2.24, 2.45) is 0 Å². The summed E-state index contributed by atoms with van der Waals surface area (Å²) in [5.74, 6) is 0. The average Bonchev–Trinajstić information content (AvgIpc) is 2.25. The van der Waals surface area contributed by atoms with Crippen LogP contribution in [0.5, 0.6) is 0 Å². The lowest BCUT2D eigenvalue weighted by Gasteiger charge is -2.25. The van der Waals surface area contributed by atoms with Gasteiger partial charge in [0.1, 0.15) is 0 Å². The van der Waals surface area contributed by atoms with Gasteiger partial charge in [-0.1, -0.05) is 22.0 Å². The van der Waals surface area contributed by atoms with Crippen LogP contribution in [0, 0.1) is 0 Å². The topological polar surface area (TPSA) is 57.6 Å². The highest BCUT2D eigenvalue weighted by Gasteiger charge is 2.26. The van der Waals surface area contributed by atoms with Crippen LogP contribution < -0.4 is 0 Å². The molecule has 0 aliphatic rings. The van der Waals surface area contributed by atoms with Gasteiger partial charge in [-0.3, -0.25) is 0 Å². The molecule has 0 saturated heterocycles. The fourth-order valence-electron chi connectivity index (χ4n) is 1.52. The third-order valence-electron chi connectivity index (χ3n) is 2.30. The Kier molecular flexibility index (Phi) is 5.12. The van der Waals surface area contributed by atoms with Crippen LogP contribution in [0.3, 0.4) is 0 Å². The van der Waals surface area contributed by atoms with Gasteiger partial charge in [-0.2, -0.15) is 4.31 Å². The SMILES string of the molecule is CC(C)N(CCO)S(=O)(=O)c1cccc(Br)c1. The summed E-state index contributed by atoms with van der Waals surface area (Å²) in [6.07, 6.45) is 0. The number of rotatable bonds is 5. The maximum absolute atomic E-state index is 12.3. The van der Waals surface area contributed by atoms with Gasteiger partial charge in [-0.25, -0.2) is 8.42 Å². The Hall–Kier alpha value is -0.430. The maximum atomic E-state index is 12.3. The van der Waals surface area contributed by atoms with Gasteiger partial charge in [-0.15, -0.1) is 0 Å². The first kappa shape index (κ1) is 14.6. The lowest BCUT2D eigenvalue weighted by molar-refractivity contribution is 0.236. The van der Waals surface area contributed by atoms with E-state index in [1.165, 1.54) is 4.31 Å². The first-order valence-corrected chi connectivity index (χ1v) is 7.51. The number of benzene rings is 1.